The summed E-state index contributed by atoms with van der Waals surface area (Å²) in [6.07, 6.45) is 5.00. The van der Waals surface area contributed by atoms with E-state index in [1.807, 2.05) is 0 Å². The number of anilines is 1. The summed E-state index contributed by atoms with van der Waals surface area (Å²) < 4.78 is 5.47. The molecule has 1 aromatic heterocycles. The fourth-order valence-corrected chi connectivity index (χ4v) is 3.72. The van der Waals surface area contributed by atoms with Crippen LogP contribution in [0.2, 0.25) is 0 Å². The molecule has 1 aromatic rings. The Balaban J connectivity index is 1.57. The van der Waals surface area contributed by atoms with Crippen molar-refractivity contribution < 1.29 is 9.53 Å². The average molecular weight is 318 g/mol. The van der Waals surface area contributed by atoms with Gasteiger partial charge in [-0.15, -0.1) is 0 Å². The molecule has 23 heavy (non-hydrogen) atoms. The summed E-state index contributed by atoms with van der Waals surface area (Å²) >= 11 is 0. The molecule has 126 valence electrons. The molecule has 0 radical (unpaired) electrons. The number of aromatic nitrogens is 1. The molecule has 3 rings (SSSR count). The summed E-state index contributed by atoms with van der Waals surface area (Å²) in [5.74, 6) is 2.08. The van der Waals surface area contributed by atoms with Crippen molar-refractivity contribution >= 4 is 11.7 Å². The van der Waals surface area contributed by atoms with Crippen molar-refractivity contribution in [1.82, 2.24) is 9.88 Å². The molecule has 6 heteroatoms. The molecule has 1 amide bonds. The van der Waals surface area contributed by atoms with Gasteiger partial charge in [-0.3, -0.25) is 9.69 Å². The molecular weight excluding hydrogens is 292 g/mol. The van der Waals surface area contributed by atoms with Crippen LogP contribution in [0, 0.1) is 11.8 Å². The van der Waals surface area contributed by atoms with Crippen LogP contribution in [0.3, 0.4) is 0 Å². The van der Waals surface area contributed by atoms with Crippen molar-refractivity contribution in [2.45, 2.75) is 32.2 Å². The van der Waals surface area contributed by atoms with Crippen LogP contribution < -0.4 is 15.8 Å². The Bertz CT molecular complexity index is 551. The van der Waals surface area contributed by atoms with Gasteiger partial charge in [0.15, 0.2) is 0 Å². The highest BCUT2D eigenvalue weighted by Crippen LogP contribution is 2.33. The third-order valence-electron chi connectivity index (χ3n) is 4.78. The Labute approximate surface area is 137 Å². The first-order valence-corrected chi connectivity index (χ1v) is 8.49. The number of nitrogens with one attached hydrogen (secondary N) is 1. The van der Waals surface area contributed by atoms with E-state index in [1.54, 1.807) is 18.3 Å². The van der Waals surface area contributed by atoms with E-state index in [1.165, 1.54) is 6.42 Å². The van der Waals surface area contributed by atoms with Gasteiger partial charge in [0.1, 0.15) is 18.2 Å². The number of rotatable bonds is 5. The SMILES string of the molecule is CC1CC2CCC(C(=O)Nc3cc(OCCN)ccn3)CN2C1. The third kappa shape index (κ3) is 4.00. The smallest absolute Gasteiger partial charge is 0.229 e. The quantitative estimate of drug-likeness (QED) is 0.859. The second-order valence-corrected chi connectivity index (χ2v) is 6.73. The summed E-state index contributed by atoms with van der Waals surface area (Å²) in [5, 5.41) is 2.93. The van der Waals surface area contributed by atoms with E-state index >= 15 is 0 Å². The largest absolute Gasteiger partial charge is 0.492 e. The second-order valence-electron chi connectivity index (χ2n) is 6.73. The minimum absolute atomic E-state index is 0.0481. The number of carbonyl (C=O) groups is 1. The molecule has 3 N–H and O–H groups in total. The molecule has 0 bridgehead atoms. The van der Waals surface area contributed by atoms with Crippen molar-refractivity contribution in [1.29, 1.82) is 0 Å². The number of fused-ring (bicyclic) bond motifs is 1. The lowest BCUT2D eigenvalue weighted by Gasteiger charge is -2.34. The van der Waals surface area contributed by atoms with Crippen molar-refractivity contribution in [2.24, 2.45) is 17.6 Å². The first-order valence-electron chi connectivity index (χ1n) is 8.49. The van der Waals surface area contributed by atoms with Crippen molar-refractivity contribution in [3.05, 3.63) is 18.3 Å². The molecule has 2 saturated heterocycles. The fraction of sp³-hybridized carbons (Fsp3) is 0.647. The van der Waals surface area contributed by atoms with Gasteiger partial charge < -0.3 is 15.8 Å². The molecule has 0 aliphatic carbocycles. The van der Waals surface area contributed by atoms with E-state index in [4.69, 9.17) is 10.5 Å². The Morgan fingerprint density at radius 2 is 2.35 bits per heavy atom. The van der Waals surface area contributed by atoms with Gasteiger partial charge in [-0.25, -0.2) is 4.98 Å². The number of amides is 1. The Morgan fingerprint density at radius 1 is 1.48 bits per heavy atom. The molecule has 0 saturated carbocycles. The summed E-state index contributed by atoms with van der Waals surface area (Å²) in [5.41, 5.74) is 5.43. The maximum Gasteiger partial charge on any atom is 0.229 e. The summed E-state index contributed by atoms with van der Waals surface area (Å²) in [6.45, 7) is 5.19. The number of hydrogen-bond donors (Lipinski definition) is 2. The highest BCUT2D eigenvalue weighted by atomic mass is 16.5. The molecule has 3 heterocycles. The number of piperidine rings is 1. The number of pyridine rings is 1. The van der Waals surface area contributed by atoms with Crippen molar-refractivity contribution in [3.8, 4) is 5.75 Å². The first-order chi connectivity index (χ1) is 11.2. The molecule has 3 atom stereocenters. The Hall–Kier alpha value is -1.66. The van der Waals surface area contributed by atoms with Gasteiger partial charge in [-0.05, 0) is 31.2 Å². The predicted octanol–water partition coefficient (Wildman–Crippen LogP) is 1.48. The number of nitrogens with two attached hydrogens (primary N) is 1. The molecule has 0 spiro atoms. The number of carbonyl (C=O) groups excluding carboxylic acids is 1. The number of hydrogen-bond acceptors (Lipinski definition) is 5. The van der Waals surface area contributed by atoms with Crippen LogP contribution in [0.1, 0.15) is 26.2 Å². The molecule has 2 aliphatic rings. The maximum atomic E-state index is 12.5. The van der Waals surface area contributed by atoms with Gasteiger partial charge in [0.05, 0.1) is 5.92 Å². The van der Waals surface area contributed by atoms with E-state index in [0.717, 1.165) is 31.8 Å². The monoisotopic (exact) mass is 318 g/mol. The topological polar surface area (TPSA) is 80.5 Å². The maximum absolute atomic E-state index is 12.5. The lowest BCUT2D eigenvalue weighted by atomic mass is 9.92. The summed E-state index contributed by atoms with van der Waals surface area (Å²) in [4.78, 5) is 19.2. The minimum Gasteiger partial charge on any atom is -0.492 e. The zero-order valence-electron chi connectivity index (χ0n) is 13.7. The van der Waals surface area contributed by atoms with Gasteiger partial charge >= 0.3 is 0 Å². The minimum atomic E-state index is 0.0481. The van der Waals surface area contributed by atoms with E-state index in [-0.39, 0.29) is 11.8 Å². The van der Waals surface area contributed by atoms with Gasteiger partial charge in [0, 0.05) is 37.9 Å². The highest BCUT2D eigenvalue weighted by molar-refractivity contribution is 5.92. The summed E-state index contributed by atoms with van der Waals surface area (Å²) in [7, 11) is 0. The van der Waals surface area contributed by atoms with Crippen LogP contribution in [0.5, 0.6) is 5.75 Å². The highest BCUT2D eigenvalue weighted by Gasteiger charge is 2.37. The normalized spacial score (nSPS) is 27.5. The van der Waals surface area contributed by atoms with E-state index in [2.05, 4.69) is 22.1 Å². The molecule has 3 unspecified atom stereocenters. The fourth-order valence-electron chi connectivity index (χ4n) is 3.72. The molecule has 6 nitrogen and oxygen atoms in total. The van der Waals surface area contributed by atoms with Crippen LogP contribution in [0.15, 0.2) is 18.3 Å². The van der Waals surface area contributed by atoms with Gasteiger partial charge in [0.2, 0.25) is 5.91 Å². The van der Waals surface area contributed by atoms with Gasteiger partial charge in [-0.1, -0.05) is 6.92 Å². The average Bonchev–Trinajstić information content (AvgIpc) is 2.92. The zero-order valence-corrected chi connectivity index (χ0v) is 13.7. The zero-order chi connectivity index (χ0) is 16.2. The number of nitrogens with zero attached hydrogens (tertiary/aromatic N) is 2. The van der Waals surface area contributed by atoms with Crippen LogP contribution in [0.25, 0.3) is 0 Å². The lowest BCUT2D eigenvalue weighted by molar-refractivity contribution is -0.121. The molecule has 0 aromatic carbocycles. The van der Waals surface area contributed by atoms with Crippen LogP contribution >= 0.6 is 0 Å². The molecular formula is C17H26N4O2. The Kier molecular flexibility index (Phi) is 5.13. The Morgan fingerprint density at radius 3 is 3.17 bits per heavy atom. The van der Waals surface area contributed by atoms with Gasteiger partial charge in [-0.2, -0.15) is 0 Å². The van der Waals surface area contributed by atoms with E-state index < -0.39 is 0 Å². The van der Waals surface area contributed by atoms with Crippen LogP contribution in [0.4, 0.5) is 5.82 Å². The third-order valence-corrected chi connectivity index (χ3v) is 4.78. The first kappa shape index (κ1) is 16.2. The molecule has 2 aliphatic heterocycles. The van der Waals surface area contributed by atoms with Crippen LogP contribution in [-0.2, 0) is 4.79 Å². The molecule has 2 fully saturated rings. The predicted molar refractivity (Wildman–Crippen MR) is 89.3 cm³/mol. The van der Waals surface area contributed by atoms with Crippen molar-refractivity contribution in [2.75, 3.05) is 31.6 Å². The van der Waals surface area contributed by atoms with E-state index in [9.17, 15) is 4.79 Å². The number of ether oxygens (including phenoxy) is 1. The van der Waals surface area contributed by atoms with Crippen molar-refractivity contribution in [3.63, 3.8) is 0 Å². The second kappa shape index (κ2) is 7.27. The summed E-state index contributed by atoms with van der Waals surface area (Å²) in [6, 6.07) is 4.19. The van der Waals surface area contributed by atoms with E-state index in [0.29, 0.717) is 30.8 Å². The standard InChI is InChI=1S/C17H26N4O2/c1-12-8-14-3-2-13(11-21(14)10-12)17(22)20-16-9-15(4-6-19-16)23-7-5-18/h4,6,9,12-14H,2-3,5,7-8,10-11,18H2,1H3,(H,19,20,22). The van der Waals surface area contributed by atoms with Gasteiger partial charge in [0.25, 0.3) is 0 Å². The lowest BCUT2D eigenvalue weighted by Crippen LogP contribution is -2.43. The van der Waals surface area contributed by atoms with Crippen LogP contribution in [-0.4, -0.2) is 48.1 Å².